The molecule has 0 radical (unpaired) electrons. The number of esters is 4. The summed E-state index contributed by atoms with van der Waals surface area (Å²) in [6.45, 7) is 9.64. The van der Waals surface area contributed by atoms with Crippen LogP contribution in [0.4, 0.5) is 0 Å². The molecule has 0 aromatic rings. The van der Waals surface area contributed by atoms with Crippen molar-refractivity contribution in [1.82, 2.24) is 0 Å². The van der Waals surface area contributed by atoms with Crippen molar-refractivity contribution in [2.75, 3.05) is 39.6 Å². The molecule has 19 heteroatoms. The molecule has 0 saturated carbocycles. The van der Waals surface area contributed by atoms with E-state index >= 15 is 0 Å². The fraction of sp³-hybridized carbons (Fsp3) is 0.951. The number of carbonyl (C=O) groups is 4. The molecule has 5 atom stereocenters. The maximum atomic E-state index is 13.1. The molecule has 101 heavy (non-hydrogen) atoms. The van der Waals surface area contributed by atoms with E-state index in [1.807, 2.05) is 0 Å². The van der Waals surface area contributed by atoms with Crippen LogP contribution in [0.5, 0.6) is 0 Å². The van der Waals surface area contributed by atoms with Gasteiger partial charge in [0.2, 0.25) is 0 Å². The Balaban J connectivity index is 5.23. The summed E-state index contributed by atoms with van der Waals surface area (Å²) < 4.78 is 68.7. The first-order chi connectivity index (χ1) is 48.9. The van der Waals surface area contributed by atoms with Gasteiger partial charge < -0.3 is 33.8 Å². The van der Waals surface area contributed by atoms with E-state index in [4.69, 9.17) is 37.0 Å². The molecule has 0 aromatic carbocycles. The number of hydrogen-bond acceptors (Lipinski definition) is 15. The Kier molecular flexibility index (Phi) is 72.2. The van der Waals surface area contributed by atoms with Crippen molar-refractivity contribution in [1.29, 1.82) is 0 Å². The molecule has 0 bridgehead atoms. The van der Waals surface area contributed by atoms with Crippen molar-refractivity contribution in [2.24, 2.45) is 11.8 Å². The summed E-state index contributed by atoms with van der Waals surface area (Å²) in [5, 5.41) is 10.6. The van der Waals surface area contributed by atoms with Crippen LogP contribution in [0, 0.1) is 11.8 Å². The van der Waals surface area contributed by atoms with Crippen LogP contribution in [0.2, 0.25) is 0 Å². The van der Waals surface area contributed by atoms with Crippen molar-refractivity contribution >= 4 is 39.5 Å². The number of carbonyl (C=O) groups excluding carboxylic acids is 4. The molecule has 0 saturated heterocycles. The minimum Gasteiger partial charge on any atom is -0.462 e. The topological polar surface area (TPSA) is 237 Å². The van der Waals surface area contributed by atoms with E-state index in [0.29, 0.717) is 25.7 Å². The Bertz CT molecular complexity index is 1940. The number of hydrogen-bond donors (Lipinski definition) is 3. The minimum atomic E-state index is -4.96. The van der Waals surface area contributed by atoms with Crippen molar-refractivity contribution in [3.05, 3.63) is 0 Å². The average Bonchev–Trinajstić information content (AvgIpc) is 0.983. The summed E-state index contributed by atoms with van der Waals surface area (Å²) in [6, 6.07) is 0. The van der Waals surface area contributed by atoms with Crippen LogP contribution in [-0.2, 0) is 65.4 Å². The van der Waals surface area contributed by atoms with Crippen LogP contribution in [0.1, 0.15) is 433 Å². The number of aliphatic hydroxyl groups excluding tert-OH is 1. The van der Waals surface area contributed by atoms with Gasteiger partial charge >= 0.3 is 39.5 Å². The number of ether oxygens (including phenoxy) is 4. The van der Waals surface area contributed by atoms with Crippen LogP contribution >= 0.6 is 15.6 Å². The lowest BCUT2D eigenvalue weighted by Gasteiger charge is -2.21. The predicted octanol–water partition coefficient (Wildman–Crippen LogP) is 24.7. The number of phosphoric acid groups is 2. The van der Waals surface area contributed by atoms with Crippen LogP contribution in [0.15, 0.2) is 0 Å². The molecule has 2 unspecified atom stereocenters. The van der Waals surface area contributed by atoms with Gasteiger partial charge in [-0.25, -0.2) is 9.13 Å². The SMILES string of the molecule is CCCCCCCCCCCCCCCCCCCCCC(=O)OC[C@H](COP(=O)(O)OC[C@@H](O)COP(=O)(O)OC[C@@H](COC(=O)CCCCCCCCCCC(C)C)OC(=O)CCCCCCCCCCCCCC)OC(=O)CCCCCCCCCCCCCCCCCCC(C)C. The number of phosphoric ester groups is 2. The Labute approximate surface area is 619 Å². The molecule has 600 valence electrons. The lowest BCUT2D eigenvalue weighted by Crippen LogP contribution is -2.30. The second-order valence-corrected chi connectivity index (χ2v) is 33.4. The zero-order chi connectivity index (χ0) is 74.2. The van der Waals surface area contributed by atoms with E-state index in [-0.39, 0.29) is 25.7 Å². The van der Waals surface area contributed by atoms with Crippen molar-refractivity contribution in [3.8, 4) is 0 Å². The minimum absolute atomic E-state index is 0.107. The smallest absolute Gasteiger partial charge is 0.462 e. The lowest BCUT2D eigenvalue weighted by atomic mass is 10.0. The highest BCUT2D eigenvalue weighted by molar-refractivity contribution is 7.47. The summed E-state index contributed by atoms with van der Waals surface area (Å²) >= 11 is 0. The molecule has 17 nitrogen and oxygen atoms in total. The largest absolute Gasteiger partial charge is 0.472 e. The summed E-state index contributed by atoms with van der Waals surface area (Å²) in [5.41, 5.74) is 0. The third-order valence-electron chi connectivity index (χ3n) is 19.2. The fourth-order valence-corrected chi connectivity index (χ4v) is 14.3. The molecule has 0 aliphatic heterocycles. The molecular weight excluding hydrogens is 1320 g/mol. The van der Waals surface area contributed by atoms with Gasteiger partial charge in [0.05, 0.1) is 26.4 Å². The van der Waals surface area contributed by atoms with Gasteiger partial charge in [0.25, 0.3) is 0 Å². The summed E-state index contributed by atoms with van der Waals surface area (Å²) in [5.74, 6) is -0.571. The van der Waals surface area contributed by atoms with E-state index < -0.39 is 97.5 Å². The quantitative estimate of drug-likeness (QED) is 0.0222. The van der Waals surface area contributed by atoms with Crippen LogP contribution in [-0.4, -0.2) is 96.7 Å². The van der Waals surface area contributed by atoms with Gasteiger partial charge in [-0.1, -0.05) is 382 Å². The molecule has 3 N–H and O–H groups in total. The van der Waals surface area contributed by atoms with Gasteiger partial charge in [-0.15, -0.1) is 0 Å². The average molecular weight is 1480 g/mol. The molecule has 0 aliphatic rings. The summed E-state index contributed by atoms with van der Waals surface area (Å²) in [4.78, 5) is 73.0. The number of rotatable bonds is 81. The molecular formula is C82H160O17P2. The maximum Gasteiger partial charge on any atom is 0.472 e. The number of aliphatic hydroxyl groups is 1. The molecule has 0 aliphatic carbocycles. The van der Waals surface area contributed by atoms with E-state index in [2.05, 4.69) is 41.5 Å². The summed E-state index contributed by atoms with van der Waals surface area (Å²) in [6.07, 6.45) is 63.9. The standard InChI is InChI=1S/C82H160O17P2/c1-7-9-11-13-15-17-19-21-22-23-24-25-29-32-36-39-46-52-58-64-79(84)92-70-77(98-82(87)67-61-55-49-41-37-33-30-27-26-28-31-34-38-44-50-56-62-74(3)4)72-96-100(88,89)94-68-76(83)69-95-101(90,91)97-73-78(71-93-80(85)65-59-53-47-43-42-45-51-57-63-75(5)6)99-81(86)66-60-54-48-40-35-20-18-16-14-12-10-8-2/h74-78,83H,7-73H2,1-6H3,(H,88,89)(H,90,91)/t76-,77-,78-/m1/s1. The van der Waals surface area contributed by atoms with E-state index in [9.17, 15) is 43.2 Å². The van der Waals surface area contributed by atoms with Crippen molar-refractivity contribution < 1.29 is 80.2 Å². The third-order valence-corrected chi connectivity index (χ3v) is 21.1. The van der Waals surface area contributed by atoms with Crippen molar-refractivity contribution in [2.45, 2.75) is 452 Å². The highest BCUT2D eigenvalue weighted by Gasteiger charge is 2.30. The zero-order valence-corrected chi connectivity index (χ0v) is 68.0. The van der Waals surface area contributed by atoms with Gasteiger partial charge in [0, 0.05) is 25.7 Å². The van der Waals surface area contributed by atoms with Gasteiger partial charge in [-0.05, 0) is 37.5 Å². The molecule has 0 spiro atoms. The van der Waals surface area contributed by atoms with Gasteiger partial charge in [-0.3, -0.25) is 37.3 Å². The fourth-order valence-electron chi connectivity index (χ4n) is 12.7. The Morgan fingerprint density at radius 1 is 0.267 bits per heavy atom. The summed E-state index contributed by atoms with van der Waals surface area (Å²) in [7, 11) is -9.92. The highest BCUT2D eigenvalue weighted by Crippen LogP contribution is 2.45. The molecule has 0 rings (SSSR count). The van der Waals surface area contributed by atoms with Crippen LogP contribution < -0.4 is 0 Å². The maximum absolute atomic E-state index is 13.1. The molecule has 0 aromatic heterocycles. The first kappa shape index (κ1) is 99.1. The molecule has 0 amide bonds. The number of unbranched alkanes of at least 4 members (excludes halogenated alkanes) is 51. The first-order valence-corrected chi connectivity index (χ1v) is 45.5. The monoisotopic (exact) mass is 1480 g/mol. The molecule has 0 fully saturated rings. The van der Waals surface area contributed by atoms with Gasteiger partial charge in [0.1, 0.15) is 19.3 Å². The van der Waals surface area contributed by atoms with Crippen LogP contribution in [0.25, 0.3) is 0 Å². The van der Waals surface area contributed by atoms with Crippen LogP contribution in [0.3, 0.4) is 0 Å². The normalized spacial score (nSPS) is 13.9. The third kappa shape index (κ3) is 76.1. The Hall–Kier alpha value is -1.94. The second kappa shape index (κ2) is 73.6. The first-order valence-electron chi connectivity index (χ1n) is 42.5. The second-order valence-electron chi connectivity index (χ2n) is 30.5. The van der Waals surface area contributed by atoms with E-state index in [0.717, 1.165) is 102 Å². The van der Waals surface area contributed by atoms with E-state index in [1.54, 1.807) is 0 Å². The Morgan fingerprint density at radius 3 is 0.673 bits per heavy atom. The van der Waals surface area contributed by atoms with Gasteiger partial charge in [0.15, 0.2) is 12.2 Å². The van der Waals surface area contributed by atoms with Gasteiger partial charge in [-0.2, -0.15) is 0 Å². The van der Waals surface area contributed by atoms with Crippen molar-refractivity contribution in [3.63, 3.8) is 0 Å². The predicted molar refractivity (Wildman–Crippen MR) is 414 cm³/mol. The lowest BCUT2D eigenvalue weighted by molar-refractivity contribution is -0.161. The molecule has 0 heterocycles. The highest BCUT2D eigenvalue weighted by atomic mass is 31.2. The van der Waals surface area contributed by atoms with E-state index in [1.165, 1.54) is 250 Å². The zero-order valence-electron chi connectivity index (χ0n) is 66.2. The Morgan fingerprint density at radius 2 is 0.455 bits per heavy atom.